The Morgan fingerprint density at radius 2 is 1.72 bits per heavy atom. The molecule has 0 radical (unpaired) electrons. The molecule has 2 aliphatic heterocycles. The number of anilines is 1. The first-order chi connectivity index (χ1) is 18.9. The van der Waals surface area contributed by atoms with E-state index in [4.69, 9.17) is 16.3 Å². The normalized spacial score (nSPS) is 19.8. The van der Waals surface area contributed by atoms with E-state index < -0.39 is 0 Å². The summed E-state index contributed by atoms with van der Waals surface area (Å²) in [7, 11) is 0. The zero-order chi connectivity index (χ0) is 27.4. The second kappa shape index (κ2) is 12.2. The highest BCUT2D eigenvalue weighted by molar-refractivity contribution is 6.30. The number of halogens is 1. The lowest BCUT2D eigenvalue weighted by molar-refractivity contribution is -0.116. The average molecular weight is 546 g/mol. The second-order valence-corrected chi connectivity index (χ2v) is 10.9. The largest absolute Gasteiger partial charge is 0.494 e. The Bertz CT molecular complexity index is 1310. The van der Waals surface area contributed by atoms with Crippen LogP contribution < -0.4 is 9.64 Å². The highest BCUT2D eigenvalue weighted by atomic mass is 35.5. The molecule has 0 aliphatic carbocycles. The molecule has 1 saturated heterocycles. The minimum atomic E-state index is -0.0325. The van der Waals surface area contributed by atoms with Crippen molar-refractivity contribution in [2.75, 3.05) is 24.6 Å². The van der Waals surface area contributed by atoms with Crippen LogP contribution in [0.3, 0.4) is 0 Å². The van der Waals surface area contributed by atoms with Crippen molar-refractivity contribution in [2.45, 2.75) is 58.3 Å². The number of ether oxygens (including phenoxy) is 1. The topological polar surface area (TPSA) is 53.1 Å². The third-order valence-corrected chi connectivity index (χ3v) is 8.12. The fourth-order valence-electron chi connectivity index (χ4n) is 5.96. The van der Waals surface area contributed by atoms with E-state index in [0.29, 0.717) is 43.6 Å². The molecule has 3 aromatic carbocycles. The van der Waals surface area contributed by atoms with Gasteiger partial charge in [0.05, 0.1) is 6.61 Å². The average Bonchev–Trinajstić information content (AvgIpc) is 3.29. The fraction of sp³-hybridized carbons (Fsp3) is 0.375. The highest BCUT2D eigenvalue weighted by Crippen LogP contribution is 2.33. The van der Waals surface area contributed by atoms with E-state index in [2.05, 4.69) is 17.0 Å². The summed E-state index contributed by atoms with van der Waals surface area (Å²) in [6, 6.07) is 23.9. The van der Waals surface area contributed by atoms with Gasteiger partial charge in [-0.05, 0) is 73.7 Å². The van der Waals surface area contributed by atoms with Crippen molar-refractivity contribution in [3.05, 3.63) is 94.5 Å². The first-order valence-corrected chi connectivity index (χ1v) is 14.2. The quantitative estimate of drug-likeness (QED) is 0.385. The summed E-state index contributed by atoms with van der Waals surface area (Å²) >= 11 is 6.16. The number of rotatable bonds is 5. The van der Waals surface area contributed by atoms with E-state index in [-0.39, 0.29) is 17.9 Å². The summed E-state index contributed by atoms with van der Waals surface area (Å²) < 4.78 is 5.69. The van der Waals surface area contributed by atoms with Crippen LogP contribution in [0.4, 0.5) is 5.69 Å². The van der Waals surface area contributed by atoms with Crippen molar-refractivity contribution in [2.24, 2.45) is 0 Å². The summed E-state index contributed by atoms with van der Waals surface area (Å²) in [5.41, 5.74) is 3.66. The Hall–Kier alpha value is -3.35. The van der Waals surface area contributed by atoms with Crippen LogP contribution in [0, 0.1) is 0 Å². The predicted octanol–water partition coefficient (Wildman–Crippen LogP) is 6.17. The molecule has 1 fully saturated rings. The van der Waals surface area contributed by atoms with Crippen LogP contribution >= 0.6 is 11.6 Å². The number of benzene rings is 3. The SMILES string of the molecule is CCOc1cccc(C(=O)N2Cc3ccccc3N(C(C)=O)CC[C@H]3CC[C@@H](C2)N3Cc2ccc(Cl)cc2)c1. The summed E-state index contributed by atoms with van der Waals surface area (Å²) in [6.45, 7) is 6.56. The molecule has 0 saturated carbocycles. The molecule has 0 N–H and O–H groups in total. The van der Waals surface area contributed by atoms with Crippen LogP contribution in [-0.2, 0) is 17.9 Å². The van der Waals surface area contributed by atoms with Crippen molar-refractivity contribution in [1.29, 1.82) is 0 Å². The zero-order valence-electron chi connectivity index (χ0n) is 22.7. The van der Waals surface area contributed by atoms with Gasteiger partial charge >= 0.3 is 0 Å². The number of fused-ring (bicyclic) bond motifs is 3. The summed E-state index contributed by atoms with van der Waals surface area (Å²) in [4.78, 5) is 33.3. The van der Waals surface area contributed by atoms with E-state index in [1.165, 1.54) is 5.56 Å². The monoisotopic (exact) mass is 545 g/mol. The molecule has 2 heterocycles. The maximum atomic E-state index is 14.1. The van der Waals surface area contributed by atoms with E-state index in [1.54, 1.807) is 6.92 Å². The number of para-hydroxylation sites is 1. The van der Waals surface area contributed by atoms with Gasteiger partial charge in [0.25, 0.3) is 5.91 Å². The molecule has 2 aliphatic rings. The summed E-state index contributed by atoms with van der Waals surface area (Å²) in [5, 5.41) is 0.722. The van der Waals surface area contributed by atoms with Gasteiger partial charge in [-0.15, -0.1) is 0 Å². The number of amides is 2. The van der Waals surface area contributed by atoms with Crippen LogP contribution in [-0.4, -0.2) is 53.4 Å². The molecule has 0 unspecified atom stereocenters. The molecule has 39 heavy (non-hydrogen) atoms. The molecule has 5 rings (SSSR count). The minimum Gasteiger partial charge on any atom is -0.494 e. The van der Waals surface area contributed by atoms with E-state index >= 15 is 0 Å². The molecular formula is C32H36ClN3O3. The maximum absolute atomic E-state index is 14.1. The van der Waals surface area contributed by atoms with Crippen LogP contribution in [0.25, 0.3) is 0 Å². The van der Waals surface area contributed by atoms with Crippen LogP contribution in [0.15, 0.2) is 72.8 Å². The van der Waals surface area contributed by atoms with Gasteiger partial charge in [0.2, 0.25) is 5.91 Å². The van der Waals surface area contributed by atoms with Crippen molar-refractivity contribution >= 4 is 29.1 Å². The number of carbonyl (C=O) groups is 2. The lowest BCUT2D eigenvalue weighted by atomic mass is 10.1. The molecule has 0 spiro atoms. The molecule has 2 atom stereocenters. The van der Waals surface area contributed by atoms with Crippen LogP contribution in [0.1, 0.15) is 54.6 Å². The molecular weight excluding hydrogens is 510 g/mol. The molecule has 3 aromatic rings. The lowest BCUT2D eigenvalue weighted by Gasteiger charge is -2.34. The smallest absolute Gasteiger partial charge is 0.254 e. The third kappa shape index (κ3) is 6.29. The van der Waals surface area contributed by atoms with E-state index in [1.807, 2.05) is 77.4 Å². The van der Waals surface area contributed by atoms with Crippen molar-refractivity contribution in [3.63, 3.8) is 0 Å². The van der Waals surface area contributed by atoms with Gasteiger partial charge in [0, 0.05) is 61.5 Å². The van der Waals surface area contributed by atoms with Gasteiger partial charge in [0.15, 0.2) is 0 Å². The second-order valence-electron chi connectivity index (χ2n) is 10.4. The van der Waals surface area contributed by atoms with Gasteiger partial charge in [0.1, 0.15) is 5.75 Å². The third-order valence-electron chi connectivity index (χ3n) is 7.87. The molecule has 2 amide bonds. The van der Waals surface area contributed by atoms with Crippen molar-refractivity contribution in [3.8, 4) is 5.75 Å². The Kier molecular flexibility index (Phi) is 8.53. The molecule has 0 aromatic heterocycles. The Morgan fingerprint density at radius 3 is 2.49 bits per heavy atom. The van der Waals surface area contributed by atoms with Crippen molar-refractivity contribution < 1.29 is 14.3 Å². The molecule has 6 nitrogen and oxygen atoms in total. The summed E-state index contributed by atoms with van der Waals surface area (Å²) in [6.07, 6.45) is 2.92. The van der Waals surface area contributed by atoms with Crippen LogP contribution in [0.5, 0.6) is 5.75 Å². The Labute approximate surface area is 236 Å². The number of nitrogens with zero attached hydrogens (tertiary/aromatic N) is 3. The molecule has 7 heteroatoms. The summed E-state index contributed by atoms with van der Waals surface area (Å²) in [5.74, 6) is 0.673. The van der Waals surface area contributed by atoms with Crippen LogP contribution in [0.2, 0.25) is 5.02 Å². The number of carbonyl (C=O) groups excluding carboxylic acids is 2. The standard InChI is InChI=1S/C32H36ClN3O3/c1-3-39-30-9-6-8-25(19-30)32(38)34-21-26-7-4-5-10-31(26)35(23(2)37)18-17-28-15-16-29(22-34)36(28)20-24-11-13-27(33)14-12-24/h4-14,19,28-29H,3,15-18,20-22H2,1-2H3/t28-,29+/m1/s1. The van der Waals surface area contributed by atoms with Gasteiger partial charge in [-0.3, -0.25) is 14.5 Å². The Morgan fingerprint density at radius 1 is 0.949 bits per heavy atom. The maximum Gasteiger partial charge on any atom is 0.254 e. The minimum absolute atomic E-state index is 0.0165. The number of hydrogen-bond acceptors (Lipinski definition) is 4. The van der Waals surface area contributed by atoms with Gasteiger partial charge in [-0.1, -0.05) is 48.0 Å². The lowest BCUT2D eigenvalue weighted by Crippen LogP contribution is -2.45. The molecule has 2 bridgehead atoms. The molecule has 204 valence electrons. The van der Waals surface area contributed by atoms with Gasteiger partial charge < -0.3 is 14.5 Å². The predicted molar refractivity (Wildman–Crippen MR) is 155 cm³/mol. The first kappa shape index (κ1) is 27.2. The van der Waals surface area contributed by atoms with Crippen molar-refractivity contribution in [1.82, 2.24) is 9.80 Å². The Balaban J connectivity index is 1.53. The first-order valence-electron chi connectivity index (χ1n) is 13.8. The fourth-order valence-corrected chi connectivity index (χ4v) is 6.09. The van der Waals surface area contributed by atoms with Gasteiger partial charge in [-0.25, -0.2) is 0 Å². The van der Waals surface area contributed by atoms with Gasteiger partial charge in [-0.2, -0.15) is 0 Å². The highest BCUT2D eigenvalue weighted by Gasteiger charge is 2.37. The number of hydrogen-bond donors (Lipinski definition) is 0. The zero-order valence-corrected chi connectivity index (χ0v) is 23.4. The van der Waals surface area contributed by atoms with E-state index in [9.17, 15) is 9.59 Å². The van der Waals surface area contributed by atoms with E-state index in [0.717, 1.165) is 42.1 Å².